The van der Waals surface area contributed by atoms with Crippen molar-refractivity contribution in [1.29, 1.82) is 0 Å². The van der Waals surface area contributed by atoms with Gasteiger partial charge in [-0.05, 0) is 51.2 Å². The van der Waals surface area contributed by atoms with Crippen LogP contribution in [0.1, 0.15) is 37.8 Å². The van der Waals surface area contributed by atoms with Gasteiger partial charge in [0, 0.05) is 19.3 Å². The highest BCUT2D eigenvalue weighted by Crippen LogP contribution is 2.27. The van der Waals surface area contributed by atoms with Gasteiger partial charge in [-0.2, -0.15) is 0 Å². The molecule has 3 rings (SSSR count). The molecule has 0 aromatic carbocycles. The average molecular weight is 263 g/mol. The molecular formula is C14H25N5. The topological polar surface area (TPSA) is 46.0 Å². The molecule has 2 fully saturated rings. The summed E-state index contributed by atoms with van der Waals surface area (Å²) >= 11 is 0. The van der Waals surface area contributed by atoms with E-state index in [4.69, 9.17) is 0 Å². The van der Waals surface area contributed by atoms with E-state index in [1.165, 1.54) is 45.2 Å². The van der Waals surface area contributed by atoms with Gasteiger partial charge in [-0.1, -0.05) is 11.6 Å². The van der Waals surface area contributed by atoms with Crippen LogP contribution in [-0.2, 0) is 13.1 Å². The minimum atomic E-state index is 0.861. The van der Waals surface area contributed by atoms with E-state index >= 15 is 0 Å². The van der Waals surface area contributed by atoms with Gasteiger partial charge in [-0.25, -0.2) is 0 Å². The van der Waals surface area contributed by atoms with Crippen molar-refractivity contribution in [3.05, 3.63) is 11.9 Å². The molecule has 1 aromatic rings. The van der Waals surface area contributed by atoms with Crippen LogP contribution in [0.2, 0.25) is 0 Å². The summed E-state index contributed by atoms with van der Waals surface area (Å²) in [6.07, 6.45) is 8.99. The van der Waals surface area contributed by atoms with E-state index in [1.54, 1.807) is 0 Å². The Hall–Kier alpha value is -0.940. The molecule has 2 aliphatic rings. The van der Waals surface area contributed by atoms with E-state index in [-0.39, 0.29) is 0 Å². The minimum absolute atomic E-state index is 0.861. The lowest BCUT2D eigenvalue weighted by molar-refractivity contribution is 0.217. The number of aromatic nitrogens is 3. The molecule has 1 aliphatic carbocycles. The Balaban J connectivity index is 1.36. The van der Waals surface area contributed by atoms with Crippen LogP contribution in [0.5, 0.6) is 0 Å². The Bertz CT molecular complexity index is 379. The molecule has 5 nitrogen and oxygen atoms in total. The second kappa shape index (κ2) is 6.48. The Labute approximate surface area is 115 Å². The van der Waals surface area contributed by atoms with Crippen molar-refractivity contribution in [2.75, 3.05) is 26.2 Å². The zero-order valence-corrected chi connectivity index (χ0v) is 11.7. The average Bonchev–Trinajstić information content (AvgIpc) is 3.16. The lowest BCUT2D eigenvalue weighted by atomic mass is 10.1. The first-order valence-electron chi connectivity index (χ1n) is 7.72. The summed E-state index contributed by atoms with van der Waals surface area (Å²) in [5, 5.41) is 11.9. The van der Waals surface area contributed by atoms with Crippen molar-refractivity contribution >= 4 is 0 Å². The molecule has 2 heterocycles. The lowest BCUT2D eigenvalue weighted by Gasteiger charge is -2.25. The number of hydrogen-bond acceptors (Lipinski definition) is 4. The van der Waals surface area contributed by atoms with Gasteiger partial charge in [0.15, 0.2) is 0 Å². The van der Waals surface area contributed by atoms with E-state index < -0.39 is 0 Å². The fraction of sp³-hybridized carbons (Fsp3) is 0.857. The van der Waals surface area contributed by atoms with Crippen molar-refractivity contribution in [2.24, 2.45) is 5.92 Å². The number of piperidine rings is 1. The molecule has 5 heteroatoms. The molecule has 1 saturated carbocycles. The van der Waals surface area contributed by atoms with Gasteiger partial charge in [-0.15, -0.1) is 5.10 Å². The summed E-state index contributed by atoms with van der Waals surface area (Å²) in [6, 6.07) is 0. The maximum absolute atomic E-state index is 4.23. The first-order valence-corrected chi connectivity index (χ1v) is 7.72. The molecule has 0 spiro atoms. The molecule has 1 aromatic heterocycles. The normalized spacial score (nSPS) is 20.8. The minimum Gasteiger partial charge on any atom is -0.311 e. The maximum Gasteiger partial charge on any atom is 0.0964 e. The van der Waals surface area contributed by atoms with Crippen LogP contribution in [0, 0.1) is 5.92 Å². The molecule has 1 N–H and O–H groups in total. The summed E-state index contributed by atoms with van der Waals surface area (Å²) in [7, 11) is 0. The Morgan fingerprint density at radius 3 is 2.79 bits per heavy atom. The highest BCUT2D eigenvalue weighted by Gasteiger charge is 2.20. The van der Waals surface area contributed by atoms with Gasteiger partial charge < -0.3 is 10.2 Å². The van der Waals surface area contributed by atoms with Crippen molar-refractivity contribution in [3.63, 3.8) is 0 Å². The van der Waals surface area contributed by atoms with Crippen molar-refractivity contribution in [2.45, 2.75) is 45.2 Å². The van der Waals surface area contributed by atoms with E-state index in [0.29, 0.717) is 0 Å². The first kappa shape index (κ1) is 13.1. The van der Waals surface area contributed by atoms with Gasteiger partial charge in [0.25, 0.3) is 0 Å². The third kappa shape index (κ3) is 4.28. The molecule has 0 bridgehead atoms. The summed E-state index contributed by atoms with van der Waals surface area (Å²) in [6.45, 7) is 6.59. The number of rotatable bonds is 7. The smallest absolute Gasteiger partial charge is 0.0964 e. The number of nitrogens with one attached hydrogen (secondary N) is 1. The third-order valence-corrected chi connectivity index (χ3v) is 4.12. The summed E-state index contributed by atoms with van der Waals surface area (Å²) in [5.74, 6) is 0.925. The predicted octanol–water partition coefficient (Wildman–Crippen LogP) is 1.26. The monoisotopic (exact) mass is 263 g/mol. The highest BCUT2D eigenvalue weighted by molar-refractivity contribution is 4.92. The standard InChI is InChI=1S/C14H25N5/c1-2-6-18(7-3-1)8-9-19-12-14(16-17-19)11-15-10-13-4-5-13/h12-13,15H,1-11H2. The molecule has 0 atom stereocenters. The van der Waals surface area contributed by atoms with E-state index in [2.05, 4.69) is 26.7 Å². The predicted molar refractivity (Wildman–Crippen MR) is 74.7 cm³/mol. The Morgan fingerprint density at radius 2 is 2.00 bits per heavy atom. The van der Waals surface area contributed by atoms with Gasteiger partial charge in [-0.3, -0.25) is 4.68 Å². The summed E-state index contributed by atoms with van der Waals surface area (Å²) in [5.41, 5.74) is 1.07. The second-order valence-corrected chi connectivity index (χ2v) is 5.95. The van der Waals surface area contributed by atoms with Gasteiger partial charge in [0.1, 0.15) is 0 Å². The van der Waals surface area contributed by atoms with E-state index in [9.17, 15) is 0 Å². The van der Waals surface area contributed by atoms with Crippen LogP contribution in [0.4, 0.5) is 0 Å². The van der Waals surface area contributed by atoms with Crippen LogP contribution >= 0.6 is 0 Å². The molecule has 0 unspecified atom stereocenters. The van der Waals surface area contributed by atoms with Gasteiger partial charge >= 0.3 is 0 Å². The SMILES string of the molecule is c1c(CNCC2CC2)nnn1CCN1CCCCC1. The number of nitrogens with zero attached hydrogens (tertiary/aromatic N) is 4. The molecule has 1 aliphatic heterocycles. The van der Waals surface area contributed by atoms with Crippen molar-refractivity contribution < 1.29 is 0 Å². The number of hydrogen-bond donors (Lipinski definition) is 1. The van der Waals surface area contributed by atoms with Crippen LogP contribution < -0.4 is 5.32 Å². The molecule has 19 heavy (non-hydrogen) atoms. The molecular weight excluding hydrogens is 238 g/mol. The third-order valence-electron chi connectivity index (χ3n) is 4.12. The zero-order valence-electron chi connectivity index (χ0n) is 11.7. The van der Waals surface area contributed by atoms with Crippen molar-refractivity contribution in [1.82, 2.24) is 25.2 Å². The fourth-order valence-electron chi connectivity index (χ4n) is 2.68. The molecule has 0 radical (unpaired) electrons. The fourth-order valence-corrected chi connectivity index (χ4v) is 2.68. The van der Waals surface area contributed by atoms with E-state index in [0.717, 1.165) is 37.8 Å². The lowest BCUT2D eigenvalue weighted by Crippen LogP contribution is -2.32. The van der Waals surface area contributed by atoms with Crippen LogP contribution in [-0.4, -0.2) is 46.1 Å². The van der Waals surface area contributed by atoms with Crippen LogP contribution in [0.3, 0.4) is 0 Å². The summed E-state index contributed by atoms with van der Waals surface area (Å²) in [4.78, 5) is 2.54. The largest absolute Gasteiger partial charge is 0.311 e. The zero-order chi connectivity index (χ0) is 12.9. The van der Waals surface area contributed by atoms with Crippen LogP contribution in [0.15, 0.2) is 6.20 Å². The van der Waals surface area contributed by atoms with Gasteiger partial charge in [0.2, 0.25) is 0 Å². The maximum atomic E-state index is 4.23. The molecule has 1 saturated heterocycles. The van der Waals surface area contributed by atoms with Gasteiger partial charge in [0.05, 0.1) is 12.2 Å². The molecule has 106 valence electrons. The quantitative estimate of drug-likeness (QED) is 0.804. The molecule has 0 amide bonds. The Morgan fingerprint density at radius 1 is 1.16 bits per heavy atom. The summed E-state index contributed by atoms with van der Waals surface area (Å²) < 4.78 is 1.99. The van der Waals surface area contributed by atoms with Crippen molar-refractivity contribution in [3.8, 4) is 0 Å². The number of likely N-dealkylation sites (tertiary alicyclic amines) is 1. The highest BCUT2D eigenvalue weighted by atomic mass is 15.4. The Kier molecular flexibility index (Phi) is 4.45. The first-order chi connectivity index (χ1) is 9.40. The van der Waals surface area contributed by atoms with Crippen LogP contribution in [0.25, 0.3) is 0 Å². The second-order valence-electron chi connectivity index (χ2n) is 5.95. The van der Waals surface area contributed by atoms with E-state index in [1.807, 2.05) is 4.68 Å².